The maximum atomic E-state index is 10.9. The van der Waals surface area contributed by atoms with E-state index in [4.69, 9.17) is 5.11 Å². The third-order valence-corrected chi connectivity index (χ3v) is 2.27. The van der Waals surface area contributed by atoms with Gasteiger partial charge in [0, 0.05) is 13.6 Å². The van der Waals surface area contributed by atoms with Gasteiger partial charge in [0.2, 0.25) is 12.1 Å². The molecule has 0 saturated heterocycles. The van der Waals surface area contributed by atoms with Crippen LogP contribution in [0.3, 0.4) is 0 Å². The van der Waals surface area contributed by atoms with Gasteiger partial charge in [-0.3, -0.25) is 9.36 Å². The highest BCUT2D eigenvalue weighted by atomic mass is 16.6. The van der Waals surface area contributed by atoms with Crippen molar-refractivity contribution in [1.29, 1.82) is 0 Å². The molecule has 0 aliphatic rings. The Labute approximate surface area is 104 Å². The Kier molecular flexibility index (Phi) is 4.24. The van der Waals surface area contributed by atoms with Crippen molar-refractivity contribution in [3.8, 4) is 0 Å². The van der Waals surface area contributed by atoms with Crippen LogP contribution in [0.4, 0.5) is 11.6 Å². The Morgan fingerprint density at radius 3 is 2.72 bits per heavy atom. The Morgan fingerprint density at radius 2 is 2.28 bits per heavy atom. The highest BCUT2D eigenvalue weighted by Gasteiger charge is 2.27. The van der Waals surface area contributed by atoms with Gasteiger partial charge in [0.25, 0.3) is 0 Å². The monoisotopic (exact) mass is 256 g/mol. The lowest BCUT2D eigenvalue weighted by Crippen LogP contribution is -2.34. The van der Waals surface area contributed by atoms with Crippen molar-refractivity contribution in [3.05, 3.63) is 16.4 Å². The molecule has 1 heterocycles. The minimum Gasteiger partial charge on any atom is -0.480 e. The summed E-state index contributed by atoms with van der Waals surface area (Å²) in [6.07, 6.45) is 1.31. The van der Waals surface area contributed by atoms with Gasteiger partial charge in [0.1, 0.15) is 6.54 Å². The van der Waals surface area contributed by atoms with Crippen molar-refractivity contribution in [2.24, 2.45) is 13.0 Å². The number of carboxylic acids is 1. The average Bonchev–Trinajstić information content (AvgIpc) is 2.57. The number of hydrogen-bond acceptors (Lipinski definition) is 5. The van der Waals surface area contributed by atoms with E-state index in [1.54, 1.807) is 7.05 Å². The normalized spacial score (nSPS) is 10.7. The molecule has 0 atom stereocenters. The minimum atomic E-state index is -1.04. The summed E-state index contributed by atoms with van der Waals surface area (Å²) in [4.78, 5) is 26.2. The summed E-state index contributed by atoms with van der Waals surface area (Å²) in [6, 6.07) is 0. The molecule has 0 spiro atoms. The van der Waals surface area contributed by atoms with Crippen molar-refractivity contribution in [2.45, 2.75) is 13.8 Å². The third kappa shape index (κ3) is 3.19. The second-order valence-corrected chi connectivity index (χ2v) is 4.43. The molecule has 0 aromatic carbocycles. The molecule has 0 amide bonds. The highest BCUT2D eigenvalue weighted by molar-refractivity contribution is 5.74. The number of rotatable bonds is 6. The van der Waals surface area contributed by atoms with Gasteiger partial charge in [0.15, 0.2) is 0 Å². The lowest BCUT2D eigenvalue weighted by Gasteiger charge is -2.23. The summed E-state index contributed by atoms with van der Waals surface area (Å²) in [5.41, 5.74) is 0. The molecule has 1 aromatic heterocycles. The number of aromatic nitrogens is 2. The fourth-order valence-electron chi connectivity index (χ4n) is 1.73. The lowest BCUT2D eigenvalue weighted by atomic mass is 10.2. The van der Waals surface area contributed by atoms with Gasteiger partial charge in [-0.1, -0.05) is 13.8 Å². The van der Waals surface area contributed by atoms with E-state index in [-0.39, 0.29) is 24.1 Å². The van der Waals surface area contributed by atoms with Crippen LogP contribution < -0.4 is 4.90 Å². The van der Waals surface area contributed by atoms with Crippen LogP contribution in [0, 0.1) is 16.0 Å². The Balaban J connectivity index is 3.14. The van der Waals surface area contributed by atoms with Crippen molar-refractivity contribution < 1.29 is 14.8 Å². The van der Waals surface area contributed by atoms with Crippen molar-refractivity contribution in [3.63, 3.8) is 0 Å². The topological polar surface area (TPSA) is 102 Å². The summed E-state index contributed by atoms with van der Waals surface area (Å²) in [5, 5.41) is 19.7. The van der Waals surface area contributed by atoms with Gasteiger partial charge >= 0.3 is 11.8 Å². The van der Waals surface area contributed by atoms with Crippen molar-refractivity contribution >= 4 is 17.6 Å². The second kappa shape index (κ2) is 5.48. The molecule has 0 radical (unpaired) electrons. The van der Waals surface area contributed by atoms with Crippen LogP contribution in [0.25, 0.3) is 0 Å². The molecule has 18 heavy (non-hydrogen) atoms. The summed E-state index contributed by atoms with van der Waals surface area (Å²) < 4.78 is 1.46. The number of carbonyl (C=O) groups is 1. The van der Waals surface area contributed by atoms with E-state index >= 15 is 0 Å². The zero-order valence-electron chi connectivity index (χ0n) is 10.5. The zero-order valence-corrected chi connectivity index (χ0v) is 10.5. The van der Waals surface area contributed by atoms with Crippen LogP contribution in [-0.2, 0) is 11.8 Å². The molecular weight excluding hydrogens is 240 g/mol. The summed E-state index contributed by atoms with van der Waals surface area (Å²) >= 11 is 0. The van der Waals surface area contributed by atoms with E-state index in [1.165, 1.54) is 15.8 Å². The fourth-order valence-corrected chi connectivity index (χ4v) is 1.73. The quantitative estimate of drug-likeness (QED) is 0.598. The summed E-state index contributed by atoms with van der Waals surface area (Å²) in [5.74, 6) is -0.958. The second-order valence-electron chi connectivity index (χ2n) is 4.43. The van der Waals surface area contributed by atoms with E-state index in [0.717, 1.165) is 0 Å². The Hall–Kier alpha value is -2.12. The Morgan fingerprint density at radius 1 is 1.67 bits per heavy atom. The standard InChI is InChI=1S/C10H16N4O4/c1-7(2)4-13(5-8(15)16)10-9(14(17)18)11-6-12(10)3/h6-7H,4-5H2,1-3H3,(H,15,16). The predicted molar refractivity (Wildman–Crippen MR) is 64.5 cm³/mol. The minimum absolute atomic E-state index is 0.179. The van der Waals surface area contributed by atoms with Crippen LogP contribution in [0.2, 0.25) is 0 Å². The first-order chi connectivity index (χ1) is 8.32. The van der Waals surface area contributed by atoms with E-state index in [0.29, 0.717) is 6.54 Å². The highest BCUT2D eigenvalue weighted by Crippen LogP contribution is 2.26. The molecule has 0 aliphatic carbocycles. The third-order valence-electron chi connectivity index (χ3n) is 2.27. The number of hydrogen-bond donors (Lipinski definition) is 1. The first-order valence-electron chi connectivity index (χ1n) is 5.45. The SMILES string of the molecule is CC(C)CN(CC(=O)O)c1c([N+](=O)[O-])ncn1C. The lowest BCUT2D eigenvalue weighted by molar-refractivity contribution is -0.388. The molecule has 8 heteroatoms. The average molecular weight is 256 g/mol. The van der Waals surface area contributed by atoms with Crippen LogP contribution in [-0.4, -0.2) is 38.6 Å². The molecule has 0 aliphatic heterocycles. The van der Waals surface area contributed by atoms with E-state index < -0.39 is 10.9 Å². The van der Waals surface area contributed by atoms with Gasteiger partial charge in [-0.15, -0.1) is 0 Å². The van der Waals surface area contributed by atoms with Crippen LogP contribution in [0.1, 0.15) is 13.8 Å². The molecule has 0 bridgehead atoms. The van der Waals surface area contributed by atoms with Crippen molar-refractivity contribution in [1.82, 2.24) is 9.55 Å². The summed E-state index contributed by atoms with van der Waals surface area (Å²) in [6.45, 7) is 3.94. The largest absolute Gasteiger partial charge is 0.480 e. The van der Waals surface area contributed by atoms with Crippen LogP contribution >= 0.6 is 0 Å². The molecule has 8 nitrogen and oxygen atoms in total. The predicted octanol–water partition coefficient (Wildman–Crippen LogP) is 0.875. The summed E-state index contributed by atoms with van der Waals surface area (Å²) in [7, 11) is 1.60. The number of carboxylic acid groups (broad SMARTS) is 1. The molecule has 0 unspecified atom stereocenters. The van der Waals surface area contributed by atoms with Crippen LogP contribution in [0.15, 0.2) is 6.33 Å². The van der Waals surface area contributed by atoms with E-state index in [9.17, 15) is 14.9 Å². The molecule has 0 saturated carbocycles. The first-order valence-corrected chi connectivity index (χ1v) is 5.45. The molecular formula is C10H16N4O4. The van der Waals surface area contributed by atoms with Gasteiger partial charge < -0.3 is 20.1 Å². The number of nitro groups is 1. The number of aryl methyl sites for hydroxylation is 1. The molecule has 100 valence electrons. The first kappa shape index (κ1) is 13.9. The zero-order chi connectivity index (χ0) is 13.9. The molecule has 1 rings (SSSR count). The number of nitrogens with zero attached hydrogens (tertiary/aromatic N) is 4. The molecule has 1 N–H and O–H groups in total. The molecule has 1 aromatic rings. The maximum Gasteiger partial charge on any atom is 0.406 e. The number of aliphatic carboxylic acids is 1. The van der Waals surface area contributed by atoms with Gasteiger partial charge in [-0.2, -0.15) is 0 Å². The number of imidazole rings is 1. The van der Waals surface area contributed by atoms with Gasteiger partial charge in [0.05, 0.1) is 0 Å². The maximum absolute atomic E-state index is 10.9. The number of anilines is 1. The van der Waals surface area contributed by atoms with Gasteiger partial charge in [-0.25, -0.2) is 0 Å². The van der Waals surface area contributed by atoms with E-state index in [1.807, 2.05) is 13.8 Å². The van der Waals surface area contributed by atoms with Crippen LogP contribution in [0.5, 0.6) is 0 Å². The van der Waals surface area contributed by atoms with E-state index in [2.05, 4.69) is 4.98 Å². The smallest absolute Gasteiger partial charge is 0.406 e. The Bertz CT molecular complexity index is 455. The van der Waals surface area contributed by atoms with Gasteiger partial charge in [-0.05, 0) is 15.8 Å². The molecule has 0 fully saturated rings. The van der Waals surface area contributed by atoms with Crippen molar-refractivity contribution in [2.75, 3.05) is 18.0 Å². The fraction of sp³-hybridized carbons (Fsp3) is 0.600.